The van der Waals surface area contributed by atoms with Crippen molar-refractivity contribution in [2.75, 3.05) is 0 Å². The SMILES string of the molecule is CC(Oc1ccc2ccccc2c1)C(=O)N/N=C/c1c(Cl)cccc1Cl. The summed E-state index contributed by atoms with van der Waals surface area (Å²) in [5.41, 5.74) is 2.97. The van der Waals surface area contributed by atoms with Crippen LogP contribution in [0.25, 0.3) is 10.8 Å². The van der Waals surface area contributed by atoms with E-state index in [1.165, 1.54) is 6.21 Å². The van der Waals surface area contributed by atoms with Crippen molar-refractivity contribution in [2.45, 2.75) is 13.0 Å². The first kappa shape index (κ1) is 18.2. The molecular weight excluding hydrogens is 371 g/mol. The van der Waals surface area contributed by atoms with Crippen molar-refractivity contribution in [3.63, 3.8) is 0 Å². The molecule has 3 aromatic carbocycles. The van der Waals surface area contributed by atoms with Gasteiger partial charge in [-0.2, -0.15) is 5.10 Å². The molecule has 0 aliphatic carbocycles. The van der Waals surface area contributed by atoms with Gasteiger partial charge in [-0.1, -0.05) is 59.6 Å². The fraction of sp³-hybridized carbons (Fsp3) is 0.100. The van der Waals surface area contributed by atoms with Crippen LogP contribution in [0, 0.1) is 0 Å². The molecule has 0 fully saturated rings. The quantitative estimate of drug-likeness (QED) is 0.491. The lowest BCUT2D eigenvalue weighted by molar-refractivity contribution is -0.127. The Morgan fingerprint density at radius 3 is 2.46 bits per heavy atom. The molecule has 0 spiro atoms. The smallest absolute Gasteiger partial charge is 0.280 e. The minimum atomic E-state index is -0.713. The lowest BCUT2D eigenvalue weighted by atomic mass is 10.1. The van der Waals surface area contributed by atoms with E-state index in [4.69, 9.17) is 27.9 Å². The summed E-state index contributed by atoms with van der Waals surface area (Å²) in [4.78, 5) is 12.2. The van der Waals surface area contributed by atoms with Gasteiger partial charge in [-0.25, -0.2) is 5.43 Å². The molecule has 6 heteroatoms. The molecule has 0 aromatic heterocycles. The molecule has 1 amide bonds. The van der Waals surface area contributed by atoms with Gasteiger partial charge in [-0.05, 0) is 42.0 Å². The number of ether oxygens (including phenoxy) is 1. The van der Waals surface area contributed by atoms with Gasteiger partial charge in [0.1, 0.15) is 5.75 Å². The molecule has 0 aliphatic heterocycles. The second kappa shape index (κ2) is 8.21. The van der Waals surface area contributed by atoms with Crippen LogP contribution in [0.3, 0.4) is 0 Å². The van der Waals surface area contributed by atoms with Crippen molar-refractivity contribution in [1.82, 2.24) is 5.43 Å². The number of benzene rings is 3. The van der Waals surface area contributed by atoms with E-state index in [0.717, 1.165) is 10.8 Å². The highest BCUT2D eigenvalue weighted by Gasteiger charge is 2.14. The van der Waals surface area contributed by atoms with Gasteiger partial charge >= 0.3 is 0 Å². The van der Waals surface area contributed by atoms with Gasteiger partial charge in [0.2, 0.25) is 0 Å². The Hall–Kier alpha value is -2.56. The number of hydrogen-bond donors (Lipinski definition) is 1. The number of hydrazone groups is 1. The molecule has 132 valence electrons. The zero-order valence-corrected chi connectivity index (χ0v) is 15.5. The number of carbonyl (C=O) groups is 1. The zero-order chi connectivity index (χ0) is 18.5. The van der Waals surface area contributed by atoms with Crippen molar-refractivity contribution >= 4 is 46.1 Å². The summed E-state index contributed by atoms with van der Waals surface area (Å²) in [6.45, 7) is 1.66. The van der Waals surface area contributed by atoms with Crippen molar-refractivity contribution in [1.29, 1.82) is 0 Å². The summed E-state index contributed by atoms with van der Waals surface area (Å²) in [5.74, 6) is 0.238. The van der Waals surface area contributed by atoms with Crippen molar-refractivity contribution < 1.29 is 9.53 Å². The van der Waals surface area contributed by atoms with Crippen LogP contribution in [0.4, 0.5) is 0 Å². The molecule has 0 heterocycles. The number of fused-ring (bicyclic) bond motifs is 1. The van der Waals surface area contributed by atoms with Gasteiger partial charge in [-0.3, -0.25) is 4.79 Å². The van der Waals surface area contributed by atoms with Crippen LogP contribution < -0.4 is 10.2 Å². The van der Waals surface area contributed by atoms with Crippen LogP contribution in [-0.4, -0.2) is 18.2 Å². The van der Waals surface area contributed by atoms with Crippen LogP contribution in [-0.2, 0) is 4.79 Å². The average Bonchev–Trinajstić information content (AvgIpc) is 2.64. The van der Waals surface area contributed by atoms with Gasteiger partial charge in [0, 0.05) is 5.56 Å². The fourth-order valence-electron chi connectivity index (χ4n) is 2.38. The van der Waals surface area contributed by atoms with Crippen LogP contribution in [0.2, 0.25) is 10.0 Å². The van der Waals surface area contributed by atoms with E-state index < -0.39 is 6.10 Å². The third-order valence-corrected chi connectivity index (χ3v) is 4.43. The predicted octanol–water partition coefficient (Wildman–Crippen LogP) is 5.06. The van der Waals surface area contributed by atoms with Crippen LogP contribution in [0.1, 0.15) is 12.5 Å². The number of rotatable bonds is 5. The summed E-state index contributed by atoms with van der Waals surface area (Å²) >= 11 is 12.1. The van der Waals surface area contributed by atoms with E-state index in [9.17, 15) is 4.79 Å². The van der Waals surface area contributed by atoms with E-state index in [-0.39, 0.29) is 5.91 Å². The van der Waals surface area contributed by atoms with E-state index >= 15 is 0 Å². The molecule has 0 aliphatic rings. The first-order valence-corrected chi connectivity index (χ1v) is 8.72. The summed E-state index contributed by atoms with van der Waals surface area (Å²) in [6, 6.07) is 18.7. The first-order valence-electron chi connectivity index (χ1n) is 7.97. The maximum absolute atomic E-state index is 12.2. The van der Waals surface area contributed by atoms with Gasteiger partial charge in [0.05, 0.1) is 16.3 Å². The average molecular weight is 387 g/mol. The largest absolute Gasteiger partial charge is 0.481 e. The molecule has 1 unspecified atom stereocenters. The molecule has 4 nitrogen and oxygen atoms in total. The van der Waals surface area contributed by atoms with Crippen LogP contribution in [0.15, 0.2) is 65.8 Å². The molecule has 1 atom stereocenters. The molecular formula is C20H16Cl2N2O2. The van der Waals surface area contributed by atoms with Crippen molar-refractivity contribution in [3.05, 3.63) is 76.3 Å². The second-order valence-electron chi connectivity index (χ2n) is 5.64. The van der Waals surface area contributed by atoms with E-state index in [1.807, 2.05) is 42.5 Å². The third-order valence-electron chi connectivity index (χ3n) is 3.77. The van der Waals surface area contributed by atoms with Gasteiger partial charge in [-0.15, -0.1) is 0 Å². The Morgan fingerprint density at radius 1 is 1.04 bits per heavy atom. The molecule has 1 N–H and O–H groups in total. The molecule has 3 aromatic rings. The monoisotopic (exact) mass is 386 g/mol. The van der Waals surface area contributed by atoms with E-state index in [0.29, 0.717) is 21.4 Å². The molecule has 26 heavy (non-hydrogen) atoms. The van der Waals surface area contributed by atoms with E-state index in [2.05, 4.69) is 10.5 Å². The number of hydrogen-bond acceptors (Lipinski definition) is 3. The summed E-state index contributed by atoms with van der Waals surface area (Å²) in [5, 5.41) is 6.97. The molecule has 0 radical (unpaired) electrons. The Kier molecular flexibility index (Phi) is 5.76. The number of halogens is 2. The number of amides is 1. The molecule has 3 rings (SSSR count). The minimum Gasteiger partial charge on any atom is -0.481 e. The highest BCUT2D eigenvalue weighted by atomic mass is 35.5. The number of nitrogens with zero attached hydrogens (tertiary/aromatic N) is 1. The maximum Gasteiger partial charge on any atom is 0.280 e. The lowest BCUT2D eigenvalue weighted by Gasteiger charge is -2.13. The Labute approximate surface area is 161 Å². The van der Waals surface area contributed by atoms with Gasteiger partial charge < -0.3 is 4.74 Å². The zero-order valence-electron chi connectivity index (χ0n) is 13.9. The van der Waals surface area contributed by atoms with E-state index in [1.54, 1.807) is 25.1 Å². The van der Waals surface area contributed by atoms with Gasteiger partial charge in [0.15, 0.2) is 6.10 Å². The highest BCUT2D eigenvalue weighted by molar-refractivity contribution is 6.38. The summed E-state index contributed by atoms with van der Waals surface area (Å²) in [7, 11) is 0. The van der Waals surface area contributed by atoms with Crippen LogP contribution >= 0.6 is 23.2 Å². The Balaban J connectivity index is 1.63. The molecule has 0 saturated carbocycles. The lowest BCUT2D eigenvalue weighted by Crippen LogP contribution is -2.33. The summed E-state index contributed by atoms with van der Waals surface area (Å²) < 4.78 is 5.70. The molecule has 0 saturated heterocycles. The normalized spacial score (nSPS) is 12.3. The second-order valence-corrected chi connectivity index (χ2v) is 6.45. The van der Waals surface area contributed by atoms with Gasteiger partial charge in [0.25, 0.3) is 5.91 Å². The number of carbonyl (C=O) groups excluding carboxylic acids is 1. The topological polar surface area (TPSA) is 50.7 Å². The Bertz CT molecular complexity index is 953. The third kappa shape index (κ3) is 4.34. The first-order chi connectivity index (χ1) is 12.5. The maximum atomic E-state index is 12.2. The van der Waals surface area contributed by atoms with Crippen molar-refractivity contribution in [2.24, 2.45) is 5.10 Å². The number of nitrogens with one attached hydrogen (secondary N) is 1. The Morgan fingerprint density at radius 2 is 1.73 bits per heavy atom. The summed E-state index contributed by atoms with van der Waals surface area (Å²) in [6.07, 6.45) is 0.695. The highest BCUT2D eigenvalue weighted by Crippen LogP contribution is 2.22. The predicted molar refractivity (Wildman–Crippen MR) is 106 cm³/mol. The van der Waals surface area contributed by atoms with Crippen LogP contribution in [0.5, 0.6) is 5.75 Å². The minimum absolute atomic E-state index is 0.377. The van der Waals surface area contributed by atoms with Crippen molar-refractivity contribution in [3.8, 4) is 5.75 Å². The molecule has 0 bridgehead atoms. The standard InChI is InChI=1S/C20H16Cl2N2O2/c1-13(26-16-10-9-14-5-2-3-6-15(14)11-16)20(25)24-23-12-17-18(21)7-4-8-19(17)22/h2-13H,1H3,(H,24,25)/b23-12+. The fourth-order valence-corrected chi connectivity index (χ4v) is 2.88.